The number of carbonyl (C=O) groups is 3. The van der Waals surface area contributed by atoms with Crippen LogP contribution >= 0.6 is 0 Å². The zero-order valence-corrected chi connectivity index (χ0v) is 19.5. The molecule has 2 fully saturated rings. The molecule has 7 nitrogen and oxygen atoms in total. The molecular weight excluding hydrogens is 392 g/mol. The molecular formula is C24H36N4O3. The molecule has 2 saturated heterocycles. The van der Waals surface area contributed by atoms with Gasteiger partial charge in [-0.15, -0.1) is 0 Å². The van der Waals surface area contributed by atoms with E-state index in [9.17, 15) is 14.4 Å². The fraction of sp³-hybridized carbons (Fsp3) is 0.625. The van der Waals surface area contributed by atoms with Crippen molar-refractivity contribution in [1.82, 2.24) is 15.1 Å². The Morgan fingerprint density at radius 2 is 1.81 bits per heavy atom. The highest BCUT2D eigenvalue weighted by Crippen LogP contribution is 2.29. The summed E-state index contributed by atoms with van der Waals surface area (Å²) in [4.78, 5) is 43.5. The predicted octanol–water partition coefficient (Wildman–Crippen LogP) is 2.22. The minimum Gasteiger partial charge on any atom is -0.350 e. The summed E-state index contributed by atoms with van der Waals surface area (Å²) in [5, 5.41) is 2.98. The summed E-state index contributed by atoms with van der Waals surface area (Å²) >= 11 is 0. The SMILES string of the molecule is CC(C)c1cccc(N2CC(C(=O)N3CCN(CC(=O)NC(C)(C)C)CC3)CC2=O)c1. The summed E-state index contributed by atoms with van der Waals surface area (Å²) in [6.45, 7) is 13.5. The average molecular weight is 429 g/mol. The van der Waals surface area contributed by atoms with Crippen molar-refractivity contribution in [3.63, 3.8) is 0 Å². The van der Waals surface area contributed by atoms with E-state index in [-0.39, 0.29) is 35.6 Å². The molecule has 0 saturated carbocycles. The lowest BCUT2D eigenvalue weighted by atomic mass is 10.0. The molecule has 2 aliphatic rings. The molecule has 2 heterocycles. The van der Waals surface area contributed by atoms with Crippen molar-refractivity contribution in [2.45, 2.75) is 52.5 Å². The number of hydrogen-bond donors (Lipinski definition) is 1. The smallest absolute Gasteiger partial charge is 0.234 e. The van der Waals surface area contributed by atoms with Crippen LogP contribution in [0.25, 0.3) is 0 Å². The second-order valence-corrected chi connectivity index (χ2v) is 10.1. The van der Waals surface area contributed by atoms with Crippen molar-refractivity contribution in [3.05, 3.63) is 29.8 Å². The Labute approximate surface area is 185 Å². The Kier molecular flexibility index (Phi) is 7.04. The molecule has 170 valence electrons. The predicted molar refractivity (Wildman–Crippen MR) is 122 cm³/mol. The fourth-order valence-electron chi connectivity index (χ4n) is 4.22. The summed E-state index contributed by atoms with van der Waals surface area (Å²) in [5.74, 6) is 0.155. The zero-order chi connectivity index (χ0) is 22.8. The van der Waals surface area contributed by atoms with Crippen LogP contribution in [0.2, 0.25) is 0 Å². The summed E-state index contributed by atoms with van der Waals surface area (Å²) in [6, 6.07) is 8.04. The standard InChI is InChI=1S/C24H36N4O3/c1-17(2)18-7-6-8-20(13-18)28-15-19(14-22(28)30)23(31)27-11-9-26(10-12-27)16-21(29)25-24(3,4)5/h6-8,13,17,19H,9-12,14-16H2,1-5H3,(H,25,29). The zero-order valence-electron chi connectivity index (χ0n) is 19.5. The molecule has 1 aromatic carbocycles. The third-order valence-corrected chi connectivity index (χ3v) is 5.89. The van der Waals surface area contributed by atoms with Gasteiger partial charge in [0.15, 0.2) is 0 Å². The Hall–Kier alpha value is -2.41. The molecule has 0 aromatic heterocycles. The number of hydrogen-bond acceptors (Lipinski definition) is 4. The topological polar surface area (TPSA) is 73.0 Å². The van der Waals surface area contributed by atoms with E-state index < -0.39 is 0 Å². The second-order valence-electron chi connectivity index (χ2n) is 10.1. The van der Waals surface area contributed by atoms with E-state index in [1.165, 1.54) is 5.56 Å². The number of nitrogens with one attached hydrogen (secondary N) is 1. The molecule has 31 heavy (non-hydrogen) atoms. The first-order valence-electron chi connectivity index (χ1n) is 11.3. The van der Waals surface area contributed by atoms with Gasteiger partial charge in [0, 0.05) is 50.4 Å². The fourth-order valence-corrected chi connectivity index (χ4v) is 4.22. The highest BCUT2D eigenvalue weighted by molar-refractivity contribution is 6.00. The van der Waals surface area contributed by atoms with Gasteiger partial charge in [0.25, 0.3) is 0 Å². The van der Waals surface area contributed by atoms with Gasteiger partial charge >= 0.3 is 0 Å². The van der Waals surface area contributed by atoms with Crippen LogP contribution in [-0.2, 0) is 14.4 Å². The van der Waals surface area contributed by atoms with Gasteiger partial charge in [-0.25, -0.2) is 0 Å². The van der Waals surface area contributed by atoms with Gasteiger partial charge in [-0.1, -0.05) is 26.0 Å². The van der Waals surface area contributed by atoms with Crippen LogP contribution in [0.3, 0.4) is 0 Å². The van der Waals surface area contributed by atoms with E-state index in [2.05, 4.69) is 36.2 Å². The first-order chi connectivity index (χ1) is 14.5. The summed E-state index contributed by atoms with van der Waals surface area (Å²) in [7, 11) is 0. The van der Waals surface area contributed by atoms with E-state index in [0.29, 0.717) is 45.2 Å². The molecule has 1 N–H and O–H groups in total. The van der Waals surface area contributed by atoms with Crippen molar-refractivity contribution in [2.24, 2.45) is 5.92 Å². The van der Waals surface area contributed by atoms with Gasteiger partial charge in [0.05, 0.1) is 12.5 Å². The van der Waals surface area contributed by atoms with Gasteiger partial charge in [0.1, 0.15) is 0 Å². The van der Waals surface area contributed by atoms with Crippen molar-refractivity contribution >= 4 is 23.4 Å². The minimum absolute atomic E-state index is 0.00735. The number of carbonyl (C=O) groups excluding carboxylic acids is 3. The first-order valence-corrected chi connectivity index (χ1v) is 11.3. The molecule has 3 amide bonds. The van der Waals surface area contributed by atoms with Crippen LogP contribution in [0.15, 0.2) is 24.3 Å². The largest absolute Gasteiger partial charge is 0.350 e. The Morgan fingerprint density at radius 3 is 2.42 bits per heavy atom. The first kappa shape index (κ1) is 23.3. The molecule has 2 aliphatic heterocycles. The second kappa shape index (κ2) is 9.39. The Balaban J connectivity index is 1.53. The highest BCUT2D eigenvalue weighted by Gasteiger charge is 2.38. The molecule has 0 radical (unpaired) electrons. The van der Waals surface area contributed by atoms with E-state index in [4.69, 9.17) is 0 Å². The number of rotatable bonds is 5. The van der Waals surface area contributed by atoms with Crippen LogP contribution in [-0.4, -0.2) is 72.3 Å². The molecule has 0 bridgehead atoms. The van der Waals surface area contributed by atoms with Crippen LogP contribution in [0.5, 0.6) is 0 Å². The van der Waals surface area contributed by atoms with Crippen molar-refractivity contribution in [2.75, 3.05) is 44.2 Å². The molecule has 0 spiro atoms. The van der Waals surface area contributed by atoms with Gasteiger partial charge in [-0.3, -0.25) is 19.3 Å². The van der Waals surface area contributed by atoms with Gasteiger partial charge < -0.3 is 15.1 Å². The minimum atomic E-state index is -0.300. The van der Waals surface area contributed by atoms with E-state index in [1.54, 1.807) is 4.90 Å². The Bertz CT molecular complexity index is 822. The van der Waals surface area contributed by atoms with Crippen molar-refractivity contribution < 1.29 is 14.4 Å². The molecule has 3 rings (SSSR count). The lowest BCUT2D eigenvalue weighted by molar-refractivity contribution is -0.137. The number of piperazine rings is 1. The molecule has 1 atom stereocenters. The highest BCUT2D eigenvalue weighted by atomic mass is 16.2. The van der Waals surface area contributed by atoms with Crippen LogP contribution in [0.1, 0.15) is 52.5 Å². The monoisotopic (exact) mass is 428 g/mol. The number of anilines is 1. The average Bonchev–Trinajstić information content (AvgIpc) is 3.08. The third-order valence-electron chi connectivity index (χ3n) is 5.89. The van der Waals surface area contributed by atoms with Gasteiger partial charge in [-0.2, -0.15) is 0 Å². The van der Waals surface area contributed by atoms with Gasteiger partial charge in [0.2, 0.25) is 17.7 Å². The van der Waals surface area contributed by atoms with E-state index in [1.807, 2.05) is 37.8 Å². The van der Waals surface area contributed by atoms with E-state index >= 15 is 0 Å². The van der Waals surface area contributed by atoms with Crippen molar-refractivity contribution in [3.8, 4) is 0 Å². The number of amides is 3. The third kappa shape index (κ3) is 6.06. The van der Waals surface area contributed by atoms with Crippen LogP contribution in [0, 0.1) is 5.92 Å². The number of benzene rings is 1. The quantitative estimate of drug-likeness (QED) is 0.781. The number of nitrogens with zero attached hydrogens (tertiary/aromatic N) is 3. The summed E-state index contributed by atoms with van der Waals surface area (Å²) < 4.78 is 0. The summed E-state index contributed by atoms with van der Waals surface area (Å²) in [6.07, 6.45) is 0.263. The van der Waals surface area contributed by atoms with E-state index in [0.717, 1.165) is 5.69 Å². The molecule has 1 aromatic rings. The van der Waals surface area contributed by atoms with Crippen LogP contribution < -0.4 is 10.2 Å². The molecule has 1 unspecified atom stereocenters. The van der Waals surface area contributed by atoms with Crippen LogP contribution in [0.4, 0.5) is 5.69 Å². The lowest BCUT2D eigenvalue weighted by Crippen LogP contribution is -2.53. The summed E-state index contributed by atoms with van der Waals surface area (Å²) in [5.41, 5.74) is 1.82. The van der Waals surface area contributed by atoms with Gasteiger partial charge in [-0.05, 0) is 44.4 Å². The lowest BCUT2D eigenvalue weighted by Gasteiger charge is -2.36. The molecule has 0 aliphatic carbocycles. The maximum Gasteiger partial charge on any atom is 0.234 e. The maximum atomic E-state index is 13.1. The molecule has 7 heteroatoms. The van der Waals surface area contributed by atoms with Crippen molar-refractivity contribution in [1.29, 1.82) is 0 Å². The Morgan fingerprint density at radius 1 is 1.13 bits per heavy atom. The maximum absolute atomic E-state index is 13.1. The normalized spacial score (nSPS) is 20.5.